The number of aromatic amines is 1. The van der Waals surface area contributed by atoms with E-state index in [0.717, 1.165) is 27.9 Å². The van der Waals surface area contributed by atoms with Crippen molar-refractivity contribution in [2.75, 3.05) is 13.2 Å². The quantitative estimate of drug-likeness (QED) is 0.518. The molecule has 27 heavy (non-hydrogen) atoms. The molecule has 2 heterocycles. The lowest BCUT2D eigenvalue weighted by atomic mass is 10.1. The number of pyridine rings is 1. The molecular formula is C21H18N4O2. The van der Waals surface area contributed by atoms with Crippen molar-refractivity contribution < 1.29 is 9.53 Å². The number of amides is 1. The number of para-hydroxylation sites is 1. The Balaban J connectivity index is 1.44. The number of fused-ring (bicyclic) bond motifs is 1. The van der Waals surface area contributed by atoms with Gasteiger partial charge in [0.05, 0.1) is 12.1 Å². The number of H-pyrrole nitrogens is 1. The van der Waals surface area contributed by atoms with Gasteiger partial charge in [-0.2, -0.15) is 5.10 Å². The van der Waals surface area contributed by atoms with E-state index in [9.17, 15) is 4.79 Å². The van der Waals surface area contributed by atoms with Gasteiger partial charge in [0, 0.05) is 28.9 Å². The Morgan fingerprint density at radius 3 is 2.67 bits per heavy atom. The normalized spacial score (nSPS) is 10.7. The second kappa shape index (κ2) is 7.70. The number of aromatic nitrogens is 3. The zero-order chi connectivity index (χ0) is 18.5. The van der Waals surface area contributed by atoms with Crippen molar-refractivity contribution in [1.82, 2.24) is 20.5 Å². The highest BCUT2D eigenvalue weighted by Crippen LogP contribution is 2.26. The summed E-state index contributed by atoms with van der Waals surface area (Å²) in [4.78, 5) is 16.5. The molecule has 4 aromatic rings. The maximum Gasteiger partial charge on any atom is 0.251 e. The molecule has 0 unspecified atom stereocenters. The van der Waals surface area contributed by atoms with Gasteiger partial charge < -0.3 is 10.1 Å². The molecule has 0 radical (unpaired) electrons. The maximum atomic E-state index is 12.5. The van der Waals surface area contributed by atoms with Crippen molar-refractivity contribution in [1.29, 1.82) is 0 Å². The van der Waals surface area contributed by atoms with Crippen LogP contribution in [-0.2, 0) is 0 Å². The van der Waals surface area contributed by atoms with E-state index in [-0.39, 0.29) is 5.91 Å². The highest BCUT2D eigenvalue weighted by atomic mass is 16.5. The van der Waals surface area contributed by atoms with Crippen molar-refractivity contribution in [2.24, 2.45) is 0 Å². The molecule has 0 saturated carbocycles. The van der Waals surface area contributed by atoms with E-state index in [4.69, 9.17) is 4.74 Å². The van der Waals surface area contributed by atoms with Crippen LogP contribution >= 0.6 is 0 Å². The average Bonchev–Trinajstić information content (AvgIpc) is 3.16. The van der Waals surface area contributed by atoms with Gasteiger partial charge >= 0.3 is 0 Å². The van der Waals surface area contributed by atoms with Gasteiger partial charge in [-0.3, -0.25) is 14.9 Å². The summed E-state index contributed by atoms with van der Waals surface area (Å²) in [5, 5.41) is 11.2. The van der Waals surface area contributed by atoms with Gasteiger partial charge in [-0.1, -0.05) is 18.2 Å². The third-order valence-electron chi connectivity index (χ3n) is 4.18. The maximum absolute atomic E-state index is 12.5. The fourth-order valence-corrected chi connectivity index (χ4v) is 2.84. The van der Waals surface area contributed by atoms with Crippen molar-refractivity contribution >= 4 is 16.8 Å². The number of ether oxygens (including phenoxy) is 1. The van der Waals surface area contributed by atoms with Crippen molar-refractivity contribution in [3.63, 3.8) is 0 Å². The topological polar surface area (TPSA) is 79.9 Å². The van der Waals surface area contributed by atoms with Crippen molar-refractivity contribution in [3.8, 4) is 17.0 Å². The summed E-state index contributed by atoms with van der Waals surface area (Å²) in [7, 11) is 0. The van der Waals surface area contributed by atoms with Crippen LogP contribution in [0.5, 0.6) is 5.75 Å². The molecule has 2 aromatic heterocycles. The molecular weight excluding hydrogens is 340 g/mol. The third-order valence-corrected chi connectivity index (χ3v) is 4.18. The van der Waals surface area contributed by atoms with Crippen LogP contribution in [0, 0.1) is 0 Å². The van der Waals surface area contributed by atoms with Gasteiger partial charge in [-0.05, 0) is 42.5 Å². The molecule has 1 amide bonds. The van der Waals surface area contributed by atoms with Gasteiger partial charge in [0.1, 0.15) is 18.1 Å². The highest BCUT2D eigenvalue weighted by Gasteiger charge is 2.12. The van der Waals surface area contributed by atoms with Crippen LogP contribution in [-0.4, -0.2) is 34.2 Å². The van der Waals surface area contributed by atoms with Crippen LogP contribution in [0.3, 0.4) is 0 Å². The predicted octanol–water partition coefficient (Wildman–Crippen LogP) is 3.43. The monoisotopic (exact) mass is 358 g/mol. The Morgan fingerprint density at radius 1 is 1.04 bits per heavy atom. The number of carbonyl (C=O) groups excluding carboxylic acids is 1. The fraction of sp³-hybridized carbons (Fsp3) is 0.0952. The second-order valence-electron chi connectivity index (χ2n) is 5.99. The molecule has 2 N–H and O–H groups in total. The zero-order valence-corrected chi connectivity index (χ0v) is 14.6. The van der Waals surface area contributed by atoms with Gasteiger partial charge in [0.15, 0.2) is 0 Å². The predicted molar refractivity (Wildman–Crippen MR) is 104 cm³/mol. The molecule has 0 saturated heterocycles. The number of hydrogen-bond donors (Lipinski definition) is 2. The fourth-order valence-electron chi connectivity index (χ4n) is 2.84. The summed E-state index contributed by atoms with van der Waals surface area (Å²) >= 11 is 0. The number of benzene rings is 2. The molecule has 2 aromatic carbocycles. The Hall–Kier alpha value is -3.67. The first-order valence-corrected chi connectivity index (χ1v) is 8.66. The van der Waals surface area contributed by atoms with Crippen LogP contribution in [0.15, 0.2) is 73.1 Å². The summed E-state index contributed by atoms with van der Waals surface area (Å²) in [6, 6.07) is 18.8. The van der Waals surface area contributed by atoms with Crippen molar-refractivity contribution in [2.45, 2.75) is 0 Å². The lowest BCUT2D eigenvalue weighted by molar-refractivity contribution is 0.0947. The Bertz CT molecular complexity index is 1050. The first-order chi connectivity index (χ1) is 13.3. The molecule has 0 aliphatic rings. The van der Waals surface area contributed by atoms with Crippen molar-refractivity contribution in [3.05, 3.63) is 78.6 Å². The smallest absolute Gasteiger partial charge is 0.251 e. The third kappa shape index (κ3) is 3.79. The first-order valence-electron chi connectivity index (χ1n) is 8.66. The highest BCUT2D eigenvalue weighted by molar-refractivity contribution is 6.01. The minimum atomic E-state index is -0.143. The summed E-state index contributed by atoms with van der Waals surface area (Å²) < 4.78 is 5.59. The van der Waals surface area contributed by atoms with E-state index in [0.29, 0.717) is 18.7 Å². The van der Waals surface area contributed by atoms with E-state index < -0.39 is 0 Å². The van der Waals surface area contributed by atoms with Crippen LogP contribution in [0.4, 0.5) is 0 Å². The van der Waals surface area contributed by atoms with Crippen LogP contribution in [0.25, 0.3) is 22.2 Å². The van der Waals surface area contributed by atoms with Gasteiger partial charge in [0.25, 0.3) is 5.91 Å². The van der Waals surface area contributed by atoms with Gasteiger partial charge in [0.2, 0.25) is 0 Å². The molecule has 0 aliphatic carbocycles. The summed E-state index contributed by atoms with van der Waals surface area (Å²) in [5.41, 5.74) is 3.21. The van der Waals surface area contributed by atoms with E-state index in [2.05, 4.69) is 20.5 Å². The summed E-state index contributed by atoms with van der Waals surface area (Å²) in [6.45, 7) is 0.834. The molecule has 134 valence electrons. The van der Waals surface area contributed by atoms with Crippen LogP contribution < -0.4 is 10.1 Å². The number of rotatable bonds is 6. The van der Waals surface area contributed by atoms with Crippen LogP contribution in [0.2, 0.25) is 0 Å². The summed E-state index contributed by atoms with van der Waals surface area (Å²) in [5.74, 6) is 0.643. The van der Waals surface area contributed by atoms with E-state index in [1.165, 1.54) is 0 Å². The lowest BCUT2D eigenvalue weighted by Crippen LogP contribution is -2.28. The SMILES string of the molecule is O=C(NCCOc1ccccc1)c1ccc2[nH]nc(-c3ccncc3)c2c1. The minimum absolute atomic E-state index is 0.143. The van der Waals surface area contributed by atoms with Gasteiger partial charge in [-0.15, -0.1) is 0 Å². The Labute approximate surface area is 156 Å². The van der Waals surface area contributed by atoms with E-state index in [1.54, 1.807) is 18.5 Å². The lowest BCUT2D eigenvalue weighted by Gasteiger charge is -2.08. The Kier molecular flexibility index (Phi) is 4.78. The average molecular weight is 358 g/mol. The number of carbonyl (C=O) groups is 1. The number of nitrogens with zero attached hydrogens (tertiary/aromatic N) is 2. The standard InChI is InChI=1S/C21H18N4O2/c26-21(23-12-13-27-17-4-2-1-3-5-17)16-6-7-19-18(14-16)20(25-24-19)15-8-10-22-11-9-15/h1-11,14H,12-13H2,(H,23,26)(H,24,25). The summed E-state index contributed by atoms with van der Waals surface area (Å²) in [6.07, 6.45) is 3.44. The van der Waals surface area contributed by atoms with Gasteiger partial charge in [-0.25, -0.2) is 0 Å². The first kappa shape index (κ1) is 16.8. The molecule has 6 nitrogen and oxygen atoms in total. The molecule has 0 bridgehead atoms. The second-order valence-corrected chi connectivity index (χ2v) is 5.99. The molecule has 0 fully saturated rings. The van der Waals surface area contributed by atoms with E-state index >= 15 is 0 Å². The zero-order valence-electron chi connectivity index (χ0n) is 14.6. The minimum Gasteiger partial charge on any atom is -0.492 e. The van der Waals surface area contributed by atoms with E-state index in [1.807, 2.05) is 54.6 Å². The molecule has 0 atom stereocenters. The molecule has 6 heteroatoms. The number of nitrogens with one attached hydrogen (secondary N) is 2. The molecule has 0 spiro atoms. The molecule has 0 aliphatic heterocycles. The molecule has 4 rings (SSSR count). The largest absolute Gasteiger partial charge is 0.492 e. The number of hydrogen-bond acceptors (Lipinski definition) is 4. The van der Waals surface area contributed by atoms with Crippen LogP contribution in [0.1, 0.15) is 10.4 Å². The Morgan fingerprint density at radius 2 is 1.85 bits per heavy atom.